The summed E-state index contributed by atoms with van der Waals surface area (Å²) >= 11 is 0. The SMILES string of the molecule is CCc1c(-c2ccc3c(c2)cc(CN(C)C)n3C)[nH]c(=O)c(C(=O)O)c1C(=O)O. The van der Waals surface area contributed by atoms with E-state index in [0.717, 1.165) is 23.1 Å². The van der Waals surface area contributed by atoms with Crippen molar-refractivity contribution in [3.63, 3.8) is 0 Å². The molecule has 0 amide bonds. The van der Waals surface area contributed by atoms with Crippen LogP contribution in [0.4, 0.5) is 0 Å². The second-order valence-corrected chi connectivity index (χ2v) is 7.23. The third-order valence-electron chi connectivity index (χ3n) is 5.01. The van der Waals surface area contributed by atoms with Gasteiger partial charge in [0.05, 0.1) is 11.3 Å². The number of benzene rings is 1. The number of rotatable bonds is 6. The van der Waals surface area contributed by atoms with E-state index in [1.165, 1.54) is 0 Å². The van der Waals surface area contributed by atoms with Gasteiger partial charge in [0.15, 0.2) is 0 Å². The van der Waals surface area contributed by atoms with E-state index >= 15 is 0 Å². The van der Waals surface area contributed by atoms with E-state index in [-0.39, 0.29) is 6.42 Å². The first kappa shape index (κ1) is 20.3. The molecule has 2 aromatic heterocycles. The molecule has 29 heavy (non-hydrogen) atoms. The van der Waals surface area contributed by atoms with Gasteiger partial charge in [0.25, 0.3) is 5.56 Å². The van der Waals surface area contributed by atoms with Gasteiger partial charge in [-0.1, -0.05) is 13.0 Å². The summed E-state index contributed by atoms with van der Waals surface area (Å²) in [5.74, 6) is -2.99. The largest absolute Gasteiger partial charge is 0.478 e. The Morgan fingerprint density at radius 1 is 1.10 bits per heavy atom. The molecule has 0 aliphatic heterocycles. The van der Waals surface area contributed by atoms with Crippen LogP contribution in [0.3, 0.4) is 0 Å². The Bertz CT molecular complexity index is 1190. The molecule has 0 radical (unpaired) electrons. The van der Waals surface area contributed by atoms with Gasteiger partial charge in [0, 0.05) is 30.2 Å². The highest BCUT2D eigenvalue weighted by Crippen LogP contribution is 2.29. The van der Waals surface area contributed by atoms with Crippen molar-refractivity contribution in [2.75, 3.05) is 14.1 Å². The zero-order valence-corrected chi connectivity index (χ0v) is 16.7. The minimum Gasteiger partial charge on any atom is -0.478 e. The summed E-state index contributed by atoms with van der Waals surface area (Å²) in [4.78, 5) is 40.3. The molecular formula is C21H23N3O5. The van der Waals surface area contributed by atoms with Crippen LogP contribution in [-0.2, 0) is 20.0 Å². The summed E-state index contributed by atoms with van der Waals surface area (Å²) in [6, 6.07) is 7.64. The van der Waals surface area contributed by atoms with Gasteiger partial charge >= 0.3 is 11.9 Å². The monoisotopic (exact) mass is 397 g/mol. The fourth-order valence-corrected chi connectivity index (χ4v) is 3.72. The first-order valence-corrected chi connectivity index (χ1v) is 9.14. The number of aromatic nitrogens is 2. The number of nitrogens with one attached hydrogen (secondary N) is 1. The van der Waals surface area contributed by atoms with Crippen LogP contribution in [0, 0.1) is 0 Å². The van der Waals surface area contributed by atoms with Crippen LogP contribution < -0.4 is 5.56 Å². The van der Waals surface area contributed by atoms with Crippen LogP contribution in [0.5, 0.6) is 0 Å². The molecule has 1 aromatic carbocycles. The number of carboxylic acids is 2. The molecule has 2 heterocycles. The average Bonchev–Trinajstić information content (AvgIpc) is 2.94. The Labute approximate surface area is 167 Å². The van der Waals surface area contributed by atoms with Crippen molar-refractivity contribution >= 4 is 22.8 Å². The normalized spacial score (nSPS) is 11.3. The average molecular weight is 397 g/mol. The standard InChI is InChI=1S/C21H23N3O5/c1-5-14-16(20(26)27)17(21(28)29)19(25)22-18(14)11-6-7-15-12(8-11)9-13(24(15)4)10-23(2)3/h6-9H,5,10H2,1-4H3,(H,22,25)(H,26,27)(H,28,29). The number of nitrogens with zero attached hydrogens (tertiary/aromatic N) is 2. The van der Waals surface area contributed by atoms with E-state index in [1.807, 2.05) is 39.3 Å². The van der Waals surface area contributed by atoms with Crippen LogP contribution in [0.2, 0.25) is 0 Å². The van der Waals surface area contributed by atoms with Gasteiger partial charge in [-0.2, -0.15) is 0 Å². The van der Waals surface area contributed by atoms with Crippen molar-refractivity contribution in [2.45, 2.75) is 19.9 Å². The fourth-order valence-electron chi connectivity index (χ4n) is 3.72. The van der Waals surface area contributed by atoms with Gasteiger partial charge in [0.2, 0.25) is 0 Å². The number of H-pyrrole nitrogens is 1. The zero-order valence-electron chi connectivity index (χ0n) is 16.7. The summed E-state index contributed by atoms with van der Waals surface area (Å²) in [6.45, 7) is 2.49. The summed E-state index contributed by atoms with van der Waals surface area (Å²) < 4.78 is 2.08. The van der Waals surface area contributed by atoms with E-state index < -0.39 is 28.6 Å². The predicted octanol–water partition coefficient (Wildman–Crippen LogP) is 2.55. The Balaban J connectivity index is 2.28. The Kier molecular flexibility index (Phi) is 5.30. The van der Waals surface area contributed by atoms with E-state index in [0.29, 0.717) is 16.8 Å². The first-order chi connectivity index (χ1) is 13.6. The molecule has 3 aromatic rings. The predicted molar refractivity (Wildman–Crippen MR) is 110 cm³/mol. The summed E-state index contributed by atoms with van der Waals surface area (Å²) in [5, 5.41) is 19.9. The Hall–Kier alpha value is -3.39. The third kappa shape index (κ3) is 3.54. The van der Waals surface area contributed by atoms with Gasteiger partial charge in [-0.25, -0.2) is 9.59 Å². The number of aromatic carboxylic acids is 2. The van der Waals surface area contributed by atoms with Gasteiger partial charge < -0.3 is 24.7 Å². The van der Waals surface area contributed by atoms with Crippen LogP contribution >= 0.6 is 0 Å². The smallest absolute Gasteiger partial charge is 0.342 e. The van der Waals surface area contributed by atoms with E-state index in [2.05, 4.69) is 14.5 Å². The second-order valence-electron chi connectivity index (χ2n) is 7.23. The summed E-state index contributed by atoms with van der Waals surface area (Å²) in [6.07, 6.45) is 0.257. The lowest BCUT2D eigenvalue weighted by atomic mass is 9.95. The molecule has 0 aliphatic rings. The van der Waals surface area contributed by atoms with E-state index in [9.17, 15) is 24.6 Å². The molecule has 0 fully saturated rings. The van der Waals surface area contributed by atoms with Gasteiger partial charge in [-0.3, -0.25) is 4.79 Å². The molecule has 8 nitrogen and oxygen atoms in total. The fraction of sp³-hybridized carbons (Fsp3) is 0.286. The minimum absolute atomic E-state index is 0.257. The highest BCUT2D eigenvalue weighted by Gasteiger charge is 2.26. The van der Waals surface area contributed by atoms with Crippen molar-refractivity contribution in [1.82, 2.24) is 14.5 Å². The molecule has 0 saturated carbocycles. The molecule has 0 bridgehead atoms. The number of aromatic amines is 1. The highest BCUT2D eigenvalue weighted by molar-refractivity contribution is 6.03. The molecule has 152 valence electrons. The van der Waals surface area contributed by atoms with Gasteiger partial charge in [-0.15, -0.1) is 0 Å². The number of pyridine rings is 1. The van der Waals surface area contributed by atoms with Crippen molar-refractivity contribution in [1.29, 1.82) is 0 Å². The molecule has 0 unspecified atom stereocenters. The number of carboxylic acid groups (broad SMARTS) is 2. The number of carbonyl (C=O) groups is 2. The van der Waals surface area contributed by atoms with Crippen molar-refractivity contribution in [3.05, 3.63) is 57.0 Å². The van der Waals surface area contributed by atoms with Crippen molar-refractivity contribution < 1.29 is 19.8 Å². The summed E-state index contributed by atoms with van der Waals surface area (Å²) in [5.41, 5.74) is 1.24. The number of fused-ring (bicyclic) bond motifs is 1. The molecule has 0 atom stereocenters. The van der Waals surface area contributed by atoms with E-state index in [1.54, 1.807) is 13.0 Å². The lowest BCUT2D eigenvalue weighted by Gasteiger charge is -2.13. The molecular weight excluding hydrogens is 374 g/mol. The number of aryl methyl sites for hydroxylation is 1. The van der Waals surface area contributed by atoms with Crippen molar-refractivity contribution in [2.24, 2.45) is 7.05 Å². The molecule has 0 spiro atoms. The Morgan fingerprint density at radius 3 is 2.31 bits per heavy atom. The third-order valence-corrected chi connectivity index (χ3v) is 5.01. The molecule has 0 saturated heterocycles. The van der Waals surface area contributed by atoms with E-state index in [4.69, 9.17) is 0 Å². The molecule has 8 heteroatoms. The Morgan fingerprint density at radius 2 is 1.76 bits per heavy atom. The number of hydrogen-bond acceptors (Lipinski definition) is 4. The second kappa shape index (κ2) is 7.56. The molecule has 0 aliphatic carbocycles. The van der Waals surface area contributed by atoms with Gasteiger partial charge in [-0.05, 0) is 49.8 Å². The maximum atomic E-state index is 12.4. The van der Waals surface area contributed by atoms with Crippen LogP contribution in [0.15, 0.2) is 29.1 Å². The maximum Gasteiger partial charge on any atom is 0.342 e. The number of hydrogen-bond donors (Lipinski definition) is 3. The van der Waals surface area contributed by atoms with Crippen LogP contribution in [0.1, 0.15) is 38.9 Å². The first-order valence-electron chi connectivity index (χ1n) is 9.14. The lowest BCUT2D eigenvalue weighted by molar-refractivity contribution is 0.0648. The molecule has 3 rings (SSSR count). The topological polar surface area (TPSA) is 116 Å². The lowest BCUT2D eigenvalue weighted by Crippen LogP contribution is -2.25. The quantitative estimate of drug-likeness (QED) is 0.589. The summed E-state index contributed by atoms with van der Waals surface area (Å²) in [7, 11) is 5.95. The van der Waals surface area contributed by atoms with Crippen LogP contribution in [0.25, 0.3) is 22.2 Å². The highest BCUT2D eigenvalue weighted by atomic mass is 16.4. The van der Waals surface area contributed by atoms with Gasteiger partial charge in [0.1, 0.15) is 5.56 Å². The van der Waals surface area contributed by atoms with Crippen LogP contribution in [-0.4, -0.2) is 50.7 Å². The molecule has 3 N–H and O–H groups in total. The maximum absolute atomic E-state index is 12.4. The zero-order chi connectivity index (χ0) is 21.5. The minimum atomic E-state index is -1.56. The van der Waals surface area contributed by atoms with Crippen molar-refractivity contribution in [3.8, 4) is 11.3 Å².